The van der Waals surface area contributed by atoms with E-state index in [9.17, 15) is 5.11 Å². The highest BCUT2D eigenvalue weighted by atomic mass is 16.5. The van der Waals surface area contributed by atoms with Crippen molar-refractivity contribution in [3.63, 3.8) is 0 Å². The number of aliphatic hydroxyl groups is 1. The summed E-state index contributed by atoms with van der Waals surface area (Å²) in [6.07, 6.45) is 3.88. The minimum Gasteiger partial charge on any atom is -0.490 e. The predicted octanol–water partition coefficient (Wildman–Crippen LogP) is 2.59. The first kappa shape index (κ1) is 14.8. The van der Waals surface area contributed by atoms with Gasteiger partial charge in [-0.15, -0.1) is 0 Å². The Morgan fingerprint density at radius 3 is 2.86 bits per heavy atom. The Morgan fingerprint density at radius 1 is 1.29 bits per heavy atom. The molecule has 116 valence electrons. The first-order valence-corrected chi connectivity index (χ1v) is 7.80. The first-order valence-electron chi connectivity index (χ1n) is 7.80. The lowest BCUT2D eigenvalue weighted by molar-refractivity contribution is -0.155. The molecule has 0 aliphatic carbocycles. The molecule has 1 N–H and O–H groups in total. The molecule has 2 fully saturated rings. The zero-order valence-electron chi connectivity index (χ0n) is 12.6. The van der Waals surface area contributed by atoms with Crippen LogP contribution in [-0.2, 0) is 16.1 Å². The molecule has 1 atom stereocenters. The van der Waals surface area contributed by atoms with Crippen LogP contribution in [0, 0.1) is 6.92 Å². The fourth-order valence-corrected chi connectivity index (χ4v) is 3.35. The molecule has 4 heteroatoms. The molecule has 1 aromatic carbocycles. The molecule has 0 amide bonds. The lowest BCUT2D eigenvalue weighted by Crippen LogP contribution is -2.47. The Morgan fingerprint density at radius 2 is 2.10 bits per heavy atom. The van der Waals surface area contributed by atoms with E-state index in [1.165, 1.54) is 0 Å². The summed E-state index contributed by atoms with van der Waals surface area (Å²) < 4.78 is 17.8. The van der Waals surface area contributed by atoms with Crippen LogP contribution in [0.15, 0.2) is 18.2 Å². The highest BCUT2D eigenvalue weighted by Gasteiger charge is 2.40. The van der Waals surface area contributed by atoms with Gasteiger partial charge >= 0.3 is 0 Å². The molecule has 4 nitrogen and oxygen atoms in total. The Kier molecular flexibility index (Phi) is 4.48. The molecule has 21 heavy (non-hydrogen) atoms. The Labute approximate surface area is 126 Å². The number of benzene rings is 1. The monoisotopic (exact) mass is 292 g/mol. The topological polar surface area (TPSA) is 47.9 Å². The molecule has 2 aliphatic heterocycles. The van der Waals surface area contributed by atoms with Crippen LogP contribution in [-0.4, -0.2) is 36.6 Å². The van der Waals surface area contributed by atoms with E-state index in [0.29, 0.717) is 0 Å². The molecule has 2 saturated heterocycles. The van der Waals surface area contributed by atoms with Crippen LogP contribution in [0.4, 0.5) is 0 Å². The van der Waals surface area contributed by atoms with Gasteiger partial charge in [-0.1, -0.05) is 18.2 Å². The largest absolute Gasteiger partial charge is 0.490 e. The van der Waals surface area contributed by atoms with Crippen molar-refractivity contribution < 1.29 is 19.3 Å². The molecule has 1 aromatic rings. The van der Waals surface area contributed by atoms with Crippen LogP contribution in [0.25, 0.3) is 0 Å². The van der Waals surface area contributed by atoms with Gasteiger partial charge in [0.15, 0.2) is 0 Å². The average molecular weight is 292 g/mol. The van der Waals surface area contributed by atoms with Crippen LogP contribution in [0.2, 0.25) is 0 Å². The zero-order valence-corrected chi connectivity index (χ0v) is 12.6. The molecule has 1 unspecified atom stereocenters. The van der Waals surface area contributed by atoms with E-state index in [2.05, 4.69) is 0 Å². The van der Waals surface area contributed by atoms with Crippen LogP contribution in [0.5, 0.6) is 5.75 Å². The number of hydrogen-bond donors (Lipinski definition) is 1. The Balaban J connectivity index is 1.73. The summed E-state index contributed by atoms with van der Waals surface area (Å²) in [6, 6.07) is 5.90. The van der Waals surface area contributed by atoms with E-state index in [-0.39, 0.29) is 18.3 Å². The highest BCUT2D eigenvalue weighted by Crippen LogP contribution is 2.36. The predicted molar refractivity (Wildman–Crippen MR) is 79.5 cm³/mol. The van der Waals surface area contributed by atoms with E-state index >= 15 is 0 Å². The number of hydrogen-bond acceptors (Lipinski definition) is 4. The second-order valence-corrected chi connectivity index (χ2v) is 6.10. The molecule has 2 heterocycles. The molecule has 3 rings (SSSR count). The van der Waals surface area contributed by atoms with Crippen molar-refractivity contribution >= 4 is 0 Å². The van der Waals surface area contributed by atoms with Gasteiger partial charge in [0, 0.05) is 31.6 Å². The van der Waals surface area contributed by atoms with Gasteiger partial charge in [0.05, 0.1) is 18.8 Å². The summed E-state index contributed by atoms with van der Waals surface area (Å²) >= 11 is 0. The summed E-state index contributed by atoms with van der Waals surface area (Å²) in [7, 11) is 0. The number of aryl methyl sites for hydroxylation is 1. The van der Waals surface area contributed by atoms with Gasteiger partial charge in [-0.05, 0) is 25.3 Å². The van der Waals surface area contributed by atoms with Gasteiger partial charge < -0.3 is 19.3 Å². The third-order valence-corrected chi connectivity index (χ3v) is 4.60. The van der Waals surface area contributed by atoms with Gasteiger partial charge in [0.2, 0.25) is 0 Å². The van der Waals surface area contributed by atoms with Crippen molar-refractivity contribution in [1.82, 2.24) is 0 Å². The third kappa shape index (κ3) is 3.23. The van der Waals surface area contributed by atoms with Crippen molar-refractivity contribution in [2.75, 3.05) is 19.8 Å². The van der Waals surface area contributed by atoms with Gasteiger partial charge in [-0.3, -0.25) is 0 Å². The lowest BCUT2D eigenvalue weighted by atomic mass is 9.85. The summed E-state index contributed by atoms with van der Waals surface area (Å²) in [5.41, 5.74) is 1.88. The average Bonchev–Trinajstić information content (AvgIpc) is 2.50. The van der Waals surface area contributed by atoms with E-state index in [1.807, 2.05) is 25.1 Å². The molecule has 1 spiro atoms. The lowest BCUT2D eigenvalue weighted by Gasteiger charge is -2.43. The standard InChI is InChI=1S/C17H24O4/c1-13-3-2-4-14(12-18)16(13)21-15-5-8-20-17(11-15)6-9-19-10-7-17/h2-4,15,18H,5-12H2,1H3. The van der Waals surface area contributed by atoms with Crippen LogP contribution < -0.4 is 4.74 Å². The number of para-hydroxylation sites is 1. The van der Waals surface area contributed by atoms with Gasteiger partial charge in [-0.25, -0.2) is 0 Å². The first-order chi connectivity index (χ1) is 10.2. The molecule has 0 saturated carbocycles. The summed E-state index contributed by atoms with van der Waals surface area (Å²) in [4.78, 5) is 0. The molecular weight excluding hydrogens is 268 g/mol. The molecular formula is C17H24O4. The number of aliphatic hydroxyl groups excluding tert-OH is 1. The van der Waals surface area contributed by atoms with Crippen LogP contribution in [0.1, 0.15) is 36.8 Å². The molecule has 0 radical (unpaired) electrons. The van der Waals surface area contributed by atoms with Crippen molar-refractivity contribution in [3.05, 3.63) is 29.3 Å². The summed E-state index contributed by atoms with van der Waals surface area (Å²) in [6.45, 7) is 4.33. The Bertz CT molecular complexity index is 474. The molecule has 0 bridgehead atoms. The third-order valence-electron chi connectivity index (χ3n) is 4.60. The normalized spacial score (nSPS) is 25.0. The van der Waals surface area contributed by atoms with Crippen molar-refractivity contribution in [2.24, 2.45) is 0 Å². The second-order valence-electron chi connectivity index (χ2n) is 6.10. The fraction of sp³-hybridized carbons (Fsp3) is 0.647. The van der Waals surface area contributed by atoms with Crippen LogP contribution in [0.3, 0.4) is 0 Å². The van der Waals surface area contributed by atoms with Crippen molar-refractivity contribution in [1.29, 1.82) is 0 Å². The number of ether oxygens (including phenoxy) is 3. The van der Waals surface area contributed by atoms with Gasteiger partial charge in [-0.2, -0.15) is 0 Å². The van der Waals surface area contributed by atoms with Crippen molar-refractivity contribution in [3.8, 4) is 5.75 Å². The highest BCUT2D eigenvalue weighted by molar-refractivity contribution is 5.40. The zero-order chi connectivity index (χ0) is 14.7. The summed E-state index contributed by atoms with van der Waals surface area (Å²) in [5.74, 6) is 0.842. The minimum absolute atomic E-state index is 0.0131. The van der Waals surface area contributed by atoms with Gasteiger partial charge in [0.25, 0.3) is 0 Å². The van der Waals surface area contributed by atoms with Gasteiger partial charge in [0.1, 0.15) is 11.9 Å². The molecule has 2 aliphatic rings. The minimum atomic E-state index is -0.0662. The van der Waals surface area contributed by atoms with E-state index in [4.69, 9.17) is 14.2 Å². The fourth-order valence-electron chi connectivity index (χ4n) is 3.35. The van der Waals surface area contributed by atoms with Crippen LogP contribution >= 0.6 is 0 Å². The molecule has 0 aromatic heterocycles. The van der Waals surface area contributed by atoms with E-state index in [0.717, 1.165) is 62.4 Å². The SMILES string of the molecule is Cc1cccc(CO)c1OC1CCOC2(CCOCC2)C1. The van der Waals surface area contributed by atoms with E-state index in [1.54, 1.807) is 0 Å². The van der Waals surface area contributed by atoms with E-state index < -0.39 is 0 Å². The number of rotatable bonds is 3. The second kappa shape index (κ2) is 6.34. The summed E-state index contributed by atoms with van der Waals surface area (Å²) in [5, 5.41) is 9.49. The maximum absolute atomic E-state index is 9.49. The Hall–Kier alpha value is -1.10. The smallest absolute Gasteiger partial charge is 0.128 e. The maximum atomic E-state index is 9.49. The maximum Gasteiger partial charge on any atom is 0.128 e. The van der Waals surface area contributed by atoms with Crippen molar-refractivity contribution in [2.45, 2.75) is 50.9 Å². The quantitative estimate of drug-likeness (QED) is 0.930.